The van der Waals surface area contributed by atoms with Gasteiger partial charge in [-0.2, -0.15) is 4.39 Å². The summed E-state index contributed by atoms with van der Waals surface area (Å²) in [5, 5.41) is 10.7. The average molecular weight is 467 g/mol. The van der Waals surface area contributed by atoms with Crippen molar-refractivity contribution in [2.24, 2.45) is 0 Å². The molecule has 1 fully saturated rings. The van der Waals surface area contributed by atoms with Gasteiger partial charge in [0.2, 0.25) is 5.75 Å². The van der Waals surface area contributed by atoms with Crippen LogP contribution in [0.3, 0.4) is 0 Å². The van der Waals surface area contributed by atoms with Gasteiger partial charge in [-0.1, -0.05) is 0 Å². The second kappa shape index (κ2) is 7.67. The second-order valence-corrected chi connectivity index (χ2v) is 7.78. The minimum absolute atomic E-state index is 0.0612. The van der Waals surface area contributed by atoms with Crippen LogP contribution in [-0.4, -0.2) is 45.7 Å². The molecule has 2 rings (SSSR count). The molecule has 1 aliphatic rings. The van der Waals surface area contributed by atoms with Crippen molar-refractivity contribution in [3.63, 3.8) is 0 Å². The van der Waals surface area contributed by atoms with Gasteiger partial charge in [-0.25, -0.2) is 4.79 Å². The Kier molecular flexibility index (Phi) is 6.01. The van der Waals surface area contributed by atoms with Crippen LogP contribution in [0.1, 0.15) is 33.6 Å². The van der Waals surface area contributed by atoms with Crippen LogP contribution in [0.25, 0.3) is 0 Å². The summed E-state index contributed by atoms with van der Waals surface area (Å²) in [6, 6.07) is 0.888. The van der Waals surface area contributed by atoms with Gasteiger partial charge in [0.25, 0.3) is 0 Å². The van der Waals surface area contributed by atoms with Gasteiger partial charge < -0.3 is 24.5 Å². The Morgan fingerprint density at radius 2 is 2.24 bits per heavy atom. The van der Waals surface area contributed by atoms with E-state index in [0.29, 0.717) is 13.0 Å². The maximum absolute atomic E-state index is 14.0. The number of carbonyl (C=O) groups excluding carboxylic acids is 1. The minimum Gasteiger partial charge on any atom is -0.484 e. The van der Waals surface area contributed by atoms with Crippen molar-refractivity contribution in [2.45, 2.75) is 45.3 Å². The summed E-state index contributed by atoms with van der Waals surface area (Å²) in [4.78, 5) is 27.0. The third-order valence-electron chi connectivity index (χ3n) is 3.49. The van der Waals surface area contributed by atoms with E-state index in [4.69, 9.17) is 9.47 Å². The van der Waals surface area contributed by atoms with Crippen molar-refractivity contribution in [1.29, 1.82) is 0 Å². The molecule has 0 aromatic carbocycles. The van der Waals surface area contributed by atoms with Crippen LogP contribution in [0.15, 0.2) is 6.07 Å². The molecule has 10 heteroatoms. The molecular formula is C15H19FIN3O5. The van der Waals surface area contributed by atoms with Crippen molar-refractivity contribution in [2.75, 3.05) is 13.2 Å². The first-order chi connectivity index (χ1) is 11.6. The van der Waals surface area contributed by atoms with Crippen LogP contribution in [0.4, 0.5) is 15.0 Å². The number of nitro groups is 1. The van der Waals surface area contributed by atoms with E-state index in [1.165, 1.54) is 0 Å². The fourth-order valence-electron chi connectivity index (χ4n) is 2.43. The van der Waals surface area contributed by atoms with Gasteiger partial charge in [0.15, 0.2) is 0 Å². The Labute approximate surface area is 158 Å². The molecule has 2 heterocycles. The van der Waals surface area contributed by atoms with E-state index in [2.05, 4.69) is 4.98 Å². The highest BCUT2D eigenvalue weighted by Gasteiger charge is 2.33. The molecule has 0 radical (unpaired) electrons. The number of aromatic nitrogens is 1. The molecule has 1 saturated heterocycles. The van der Waals surface area contributed by atoms with Gasteiger partial charge in [0, 0.05) is 6.54 Å². The molecule has 0 N–H and O–H groups in total. The van der Waals surface area contributed by atoms with Crippen molar-refractivity contribution < 1.29 is 23.6 Å². The van der Waals surface area contributed by atoms with Gasteiger partial charge in [0.1, 0.15) is 12.2 Å². The van der Waals surface area contributed by atoms with Gasteiger partial charge in [0.05, 0.1) is 15.7 Å². The Bertz CT molecular complexity index is 657. The summed E-state index contributed by atoms with van der Waals surface area (Å²) in [5.74, 6) is -1.77. The Hall–Kier alpha value is -1.72. The number of hydrogen-bond donors (Lipinski definition) is 0. The number of hydrogen-bond acceptors (Lipinski definition) is 6. The SMILES string of the molecule is CC(C)(C)OC(=O)N1CCCC1COc1c(I)cc([N+](=O)[O-])nc1F. The van der Waals surface area contributed by atoms with E-state index < -0.39 is 28.4 Å². The predicted octanol–water partition coefficient (Wildman–Crippen LogP) is 3.51. The van der Waals surface area contributed by atoms with Crippen LogP contribution < -0.4 is 4.74 Å². The molecule has 138 valence electrons. The number of amides is 1. The standard InChI is InChI=1S/C15H19FIN3O5/c1-15(2,3)25-14(21)19-6-4-5-9(19)8-24-12-10(17)7-11(20(22)23)18-13(12)16/h7,9H,4-6,8H2,1-3H3. The van der Waals surface area contributed by atoms with Crippen molar-refractivity contribution in [3.05, 3.63) is 25.7 Å². The molecule has 0 saturated carbocycles. The molecule has 1 aromatic rings. The Morgan fingerprint density at radius 3 is 2.80 bits per heavy atom. The average Bonchev–Trinajstić information content (AvgIpc) is 2.92. The van der Waals surface area contributed by atoms with Crippen molar-refractivity contribution >= 4 is 34.5 Å². The van der Waals surface area contributed by atoms with Crippen LogP contribution >= 0.6 is 22.6 Å². The summed E-state index contributed by atoms with van der Waals surface area (Å²) in [7, 11) is 0. The highest BCUT2D eigenvalue weighted by molar-refractivity contribution is 14.1. The van der Waals surface area contributed by atoms with Gasteiger partial charge in [-0.05, 0) is 66.1 Å². The topological polar surface area (TPSA) is 94.8 Å². The molecule has 8 nitrogen and oxygen atoms in total. The molecule has 1 aliphatic heterocycles. The quantitative estimate of drug-likeness (QED) is 0.291. The van der Waals surface area contributed by atoms with E-state index in [-0.39, 0.29) is 22.0 Å². The number of likely N-dealkylation sites (tertiary alicyclic amines) is 1. The number of halogens is 2. The van der Waals surface area contributed by atoms with E-state index in [0.717, 1.165) is 12.5 Å². The second-order valence-electron chi connectivity index (χ2n) is 6.62. The van der Waals surface area contributed by atoms with Crippen LogP contribution in [-0.2, 0) is 4.74 Å². The number of rotatable bonds is 4. The van der Waals surface area contributed by atoms with Crippen LogP contribution in [0, 0.1) is 19.6 Å². The Balaban J connectivity index is 2.05. The maximum Gasteiger partial charge on any atom is 0.410 e. The number of nitrogens with zero attached hydrogens (tertiary/aromatic N) is 3. The minimum atomic E-state index is -1.04. The highest BCUT2D eigenvalue weighted by atomic mass is 127. The fraction of sp³-hybridized carbons (Fsp3) is 0.600. The summed E-state index contributed by atoms with van der Waals surface area (Å²) in [6.45, 7) is 5.96. The third kappa shape index (κ3) is 5.13. The van der Waals surface area contributed by atoms with E-state index in [9.17, 15) is 19.3 Å². The van der Waals surface area contributed by atoms with E-state index in [1.54, 1.807) is 48.3 Å². The van der Waals surface area contributed by atoms with Gasteiger partial charge >= 0.3 is 17.9 Å². The molecule has 25 heavy (non-hydrogen) atoms. The third-order valence-corrected chi connectivity index (χ3v) is 4.29. The van der Waals surface area contributed by atoms with Crippen LogP contribution in [0.5, 0.6) is 5.75 Å². The fourth-order valence-corrected chi connectivity index (χ4v) is 3.09. The van der Waals surface area contributed by atoms with Crippen molar-refractivity contribution in [1.82, 2.24) is 9.88 Å². The summed E-state index contributed by atoms with van der Waals surface area (Å²) >= 11 is 1.75. The summed E-state index contributed by atoms with van der Waals surface area (Å²) < 4.78 is 25.1. The monoisotopic (exact) mass is 467 g/mol. The lowest BCUT2D eigenvalue weighted by Crippen LogP contribution is -2.42. The molecular weight excluding hydrogens is 448 g/mol. The maximum atomic E-state index is 14.0. The van der Waals surface area contributed by atoms with Gasteiger partial charge in [-0.15, -0.1) is 0 Å². The lowest BCUT2D eigenvalue weighted by Gasteiger charge is -2.28. The van der Waals surface area contributed by atoms with Crippen molar-refractivity contribution in [3.8, 4) is 5.75 Å². The predicted molar refractivity (Wildman–Crippen MR) is 95.0 cm³/mol. The molecule has 1 amide bonds. The number of carbonyl (C=O) groups is 1. The zero-order valence-corrected chi connectivity index (χ0v) is 16.3. The molecule has 0 aliphatic carbocycles. The lowest BCUT2D eigenvalue weighted by atomic mass is 10.2. The summed E-state index contributed by atoms with van der Waals surface area (Å²) in [5.41, 5.74) is -0.602. The molecule has 1 atom stereocenters. The smallest absolute Gasteiger partial charge is 0.410 e. The van der Waals surface area contributed by atoms with Gasteiger partial charge in [-0.3, -0.25) is 0 Å². The number of pyridine rings is 1. The van der Waals surface area contributed by atoms with Crippen LogP contribution in [0.2, 0.25) is 0 Å². The zero-order chi connectivity index (χ0) is 18.8. The normalized spacial score (nSPS) is 17.5. The molecule has 1 aromatic heterocycles. The molecule has 1 unspecified atom stereocenters. The van der Waals surface area contributed by atoms with E-state index >= 15 is 0 Å². The zero-order valence-electron chi connectivity index (χ0n) is 14.1. The highest BCUT2D eigenvalue weighted by Crippen LogP contribution is 2.28. The Morgan fingerprint density at radius 1 is 1.56 bits per heavy atom. The largest absolute Gasteiger partial charge is 0.484 e. The molecule has 0 bridgehead atoms. The van der Waals surface area contributed by atoms with E-state index in [1.807, 2.05) is 0 Å². The number of ether oxygens (including phenoxy) is 2. The first-order valence-electron chi connectivity index (χ1n) is 7.71. The molecule has 0 spiro atoms. The lowest BCUT2D eigenvalue weighted by molar-refractivity contribution is -0.390. The summed E-state index contributed by atoms with van der Waals surface area (Å²) in [6.07, 6.45) is 1.07. The first kappa shape index (κ1) is 19.6. The first-order valence-corrected chi connectivity index (χ1v) is 8.79.